The molecule has 2 heterocycles. The molecule has 1 amide bonds. The summed E-state index contributed by atoms with van der Waals surface area (Å²) in [6.45, 7) is 4.13. The average molecular weight is 352 g/mol. The van der Waals surface area contributed by atoms with Crippen molar-refractivity contribution in [1.29, 1.82) is 0 Å². The van der Waals surface area contributed by atoms with Crippen molar-refractivity contribution in [1.82, 2.24) is 25.2 Å². The Balaban J connectivity index is 1.86. The number of hydrogen-bond acceptors (Lipinski definition) is 6. The van der Waals surface area contributed by atoms with Crippen molar-refractivity contribution in [2.24, 2.45) is 0 Å². The highest BCUT2D eigenvalue weighted by atomic mass is 16.5. The van der Waals surface area contributed by atoms with Gasteiger partial charge >= 0.3 is 0 Å². The van der Waals surface area contributed by atoms with E-state index in [-0.39, 0.29) is 12.0 Å². The van der Waals surface area contributed by atoms with E-state index in [9.17, 15) is 4.79 Å². The largest absolute Gasteiger partial charge is 0.488 e. The minimum atomic E-state index is -0.219. The zero-order valence-corrected chi connectivity index (χ0v) is 14.7. The lowest BCUT2D eigenvalue weighted by Gasteiger charge is -2.17. The maximum atomic E-state index is 12.3. The van der Waals surface area contributed by atoms with Crippen LogP contribution in [0.3, 0.4) is 0 Å². The predicted molar refractivity (Wildman–Crippen MR) is 96.3 cm³/mol. The number of rotatable bonds is 7. The van der Waals surface area contributed by atoms with Crippen molar-refractivity contribution in [2.45, 2.75) is 32.8 Å². The SMILES string of the molecule is CCCC(C)Oc1ccc(NC(=O)c2ccncc2)cc1-n1cnnn1. The number of hydrogen-bond donors (Lipinski definition) is 1. The number of ether oxygens (including phenoxy) is 1. The van der Waals surface area contributed by atoms with Gasteiger partial charge in [0.05, 0.1) is 6.10 Å². The topological polar surface area (TPSA) is 94.8 Å². The van der Waals surface area contributed by atoms with Gasteiger partial charge in [-0.25, -0.2) is 0 Å². The molecule has 0 saturated carbocycles. The van der Waals surface area contributed by atoms with Crippen molar-refractivity contribution < 1.29 is 9.53 Å². The van der Waals surface area contributed by atoms with Crippen LogP contribution in [-0.2, 0) is 0 Å². The molecule has 0 spiro atoms. The molecule has 0 bridgehead atoms. The molecule has 1 N–H and O–H groups in total. The van der Waals surface area contributed by atoms with Crippen molar-refractivity contribution in [3.8, 4) is 11.4 Å². The number of tetrazole rings is 1. The molecule has 1 unspecified atom stereocenters. The highest BCUT2D eigenvalue weighted by Crippen LogP contribution is 2.27. The summed E-state index contributed by atoms with van der Waals surface area (Å²) in [4.78, 5) is 16.3. The summed E-state index contributed by atoms with van der Waals surface area (Å²) in [6.07, 6.45) is 6.67. The smallest absolute Gasteiger partial charge is 0.255 e. The molecule has 8 nitrogen and oxygen atoms in total. The molecule has 0 aliphatic rings. The summed E-state index contributed by atoms with van der Waals surface area (Å²) >= 11 is 0. The Bertz CT molecular complexity index is 851. The molecule has 2 aromatic heterocycles. The molecule has 3 rings (SSSR count). The van der Waals surface area contributed by atoms with Crippen LogP contribution in [0.15, 0.2) is 49.1 Å². The van der Waals surface area contributed by atoms with Crippen LogP contribution in [0, 0.1) is 0 Å². The number of nitrogens with zero attached hydrogens (tertiary/aromatic N) is 5. The Morgan fingerprint density at radius 2 is 2.08 bits per heavy atom. The van der Waals surface area contributed by atoms with E-state index in [0.717, 1.165) is 12.8 Å². The van der Waals surface area contributed by atoms with E-state index in [4.69, 9.17) is 4.74 Å². The highest BCUT2D eigenvalue weighted by molar-refractivity contribution is 6.04. The first-order valence-corrected chi connectivity index (χ1v) is 8.43. The standard InChI is InChI=1S/C18H20N6O2/c1-3-4-13(2)26-17-6-5-15(11-16(17)24-12-20-22-23-24)21-18(25)14-7-9-19-10-8-14/h5-13H,3-4H2,1-2H3,(H,21,25). The van der Waals surface area contributed by atoms with Gasteiger partial charge in [-0.05, 0) is 54.1 Å². The van der Waals surface area contributed by atoms with Gasteiger partial charge in [0.1, 0.15) is 17.8 Å². The molecule has 3 aromatic rings. The van der Waals surface area contributed by atoms with E-state index < -0.39 is 0 Å². The van der Waals surface area contributed by atoms with E-state index in [2.05, 4.69) is 32.7 Å². The maximum Gasteiger partial charge on any atom is 0.255 e. The van der Waals surface area contributed by atoms with E-state index >= 15 is 0 Å². The molecule has 0 saturated heterocycles. The normalized spacial score (nSPS) is 11.8. The molecule has 8 heteroatoms. The molecule has 0 aliphatic carbocycles. The number of amides is 1. The van der Waals surface area contributed by atoms with Gasteiger partial charge in [0, 0.05) is 23.6 Å². The molecular formula is C18H20N6O2. The molecule has 134 valence electrons. The van der Waals surface area contributed by atoms with Crippen molar-refractivity contribution in [3.63, 3.8) is 0 Å². The summed E-state index contributed by atoms with van der Waals surface area (Å²) in [7, 11) is 0. The summed E-state index contributed by atoms with van der Waals surface area (Å²) in [5, 5.41) is 14.1. The molecule has 1 atom stereocenters. The van der Waals surface area contributed by atoms with Crippen LogP contribution in [0.25, 0.3) is 5.69 Å². The fraction of sp³-hybridized carbons (Fsp3) is 0.278. The number of nitrogens with one attached hydrogen (secondary N) is 1. The zero-order chi connectivity index (χ0) is 18.4. The first-order valence-electron chi connectivity index (χ1n) is 8.43. The Kier molecular flexibility index (Phi) is 5.52. The van der Waals surface area contributed by atoms with Crippen LogP contribution < -0.4 is 10.1 Å². The van der Waals surface area contributed by atoms with Crippen LogP contribution in [0.2, 0.25) is 0 Å². The number of carbonyl (C=O) groups is 1. The fourth-order valence-corrected chi connectivity index (χ4v) is 2.53. The van der Waals surface area contributed by atoms with E-state index in [1.54, 1.807) is 36.7 Å². The second-order valence-corrected chi connectivity index (χ2v) is 5.84. The molecule has 0 radical (unpaired) electrons. The van der Waals surface area contributed by atoms with Crippen LogP contribution in [0.1, 0.15) is 37.0 Å². The molecule has 26 heavy (non-hydrogen) atoms. The van der Waals surface area contributed by atoms with Crippen LogP contribution in [-0.4, -0.2) is 37.2 Å². The van der Waals surface area contributed by atoms with E-state index in [1.807, 2.05) is 13.0 Å². The highest BCUT2D eigenvalue weighted by Gasteiger charge is 2.13. The first kappa shape index (κ1) is 17.5. The van der Waals surface area contributed by atoms with Crippen molar-refractivity contribution >= 4 is 11.6 Å². The van der Waals surface area contributed by atoms with Crippen molar-refractivity contribution in [2.75, 3.05) is 5.32 Å². The van der Waals surface area contributed by atoms with E-state index in [1.165, 1.54) is 11.0 Å². The van der Waals surface area contributed by atoms with Gasteiger partial charge in [-0.1, -0.05) is 13.3 Å². The second kappa shape index (κ2) is 8.19. The van der Waals surface area contributed by atoms with Gasteiger partial charge in [0.15, 0.2) is 0 Å². The third-order valence-corrected chi connectivity index (χ3v) is 3.78. The predicted octanol–water partition coefficient (Wildman–Crippen LogP) is 2.88. The Morgan fingerprint density at radius 3 is 2.77 bits per heavy atom. The number of anilines is 1. The fourth-order valence-electron chi connectivity index (χ4n) is 2.53. The van der Waals surface area contributed by atoms with Crippen LogP contribution in [0.4, 0.5) is 5.69 Å². The lowest BCUT2D eigenvalue weighted by Crippen LogP contribution is -2.15. The number of carbonyl (C=O) groups excluding carboxylic acids is 1. The van der Waals surface area contributed by atoms with Crippen molar-refractivity contribution in [3.05, 3.63) is 54.6 Å². The quantitative estimate of drug-likeness (QED) is 0.702. The van der Waals surface area contributed by atoms with Gasteiger partial charge in [0.25, 0.3) is 5.91 Å². The third kappa shape index (κ3) is 4.21. The minimum absolute atomic E-state index is 0.0625. The first-order chi connectivity index (χ1) is 12.7. The van der Waals surface area contributed by atoms with Crippen LogP contribution in [0.5, 0.6) is 5.75 Å². The maximum absolute atomic E-state index is 12.3. The van der Waals surface area contributed by atoms with Crippen LogP contribution >= 0.6 is 0 Å². The van der Waals surface area contributed by atoms with Gasteiger partial charge < -0.3 is 10.1 Å². The number of benzene rings is 1. The lowest BCUT2D eigenvalue weighted by molar-refractivity contribution is 0.102. The van der Waals surface area contributed by atoms with Gasteiger partial charge in [-0.3, -0.25) is 9.78 Å². The minimum Gasteiger partial charge on any atom is -0.488 e. The lowest BCUT2D eigenvalue weighted by atomic mass is 10.2. The van der Waals surface area contributed by atoms with Gasteiger partial charge in [-0.2, -0.15) is 4.68 Å². The Labute approximate surface area is 151 Å². The summed E-state index contributed by atoms with van der Waals surface area (Å²) in [6, 6.07) is 8.69. The van der Waals surface area contributed by atoms with E-state index in [0.29, 0.717) is 22.7 Å². The Morgan fingerprint density at radius 1 is 1.27 bits per heavy atom. The summed E-state index contributed by atoms with van der Waals surface area (Å²) < 4.78 is 7.53. The average Bonchev–Trinajstić information content (AvgIpc) is 3.18. The number of pyridine rings is 1. The summed E-state index contributed by atoms with van der Waals surface area (Å²) in [5.74, 6) is 0.434. The molecule has 1 aromatic carbocycles. The number of aromatic nitrogens is 5. The third-order valence-electron chi connectivity index (χ3n) is 3.78. The van der Waals surface area contributed by atoms with Gasteiger partial charge in [0.2, 0.25) is 0 Å². The Hall–Kier alpha value is -3.29. The summed E-state index contributed by atoms with van der Waals surface area (Å²) in [5.41, 5.74) is 1.80. The molecule has 0 fully saturated rings. The second-order valence-electron chi connectivity index (χ2n) is 5.84. The van der Waals surface area contributed by atoms with Gasteiger partial charge in [-0.15, -0.1) is 5.10 Å². The monoisotopic (exact) mass is 352 g/mol. The molecular weight excluding hydrogens is 332 g/mol. The molecule has 0 aliphatic heterocycles. The zero-order valence-electron chi connectivity index (χ0n) is 14.7.